The van der Waals surface area contributed by atoms with Gasteiger partial charge in [0.05, 0.1) is 12.2 Å². The molecule has 6 heteroatoms. The molecule has 4 atom stereocenters. The van der Waals surface area contributed by atoms with Crippen LogP contribution in [0.15, 0.2) is 12.2 Å². The van der Waals surface area contributed by atoms with E-state index in [0.717, 1.165) is 31.8 Å². The first kappa shape index (κ1) is 17.1. The highest BCUT2D eigenvalue weighted by atomic mass is 16.7. The van der Waals surface area contributed by atoms with Gasteiger partial charge in [0.25, 0.3) is 0 Å². The van der Waals surface area contributed by atoms with Crippen molar-refractivity contribution in [2.75, 3.05) is 6.61 Å². The van der Waals surface area contributed by atoms with Crippen molar-refractivity contribution in [3.63, 3.8) is 0 Å². The van der Waals surface area contributed by atoms with Gasteiger partial charge < -0.3 is 24.8 Å². The Labute approximate surface area is 119 Å². The lowest BCUT2D eigenvalue weighted by Crippen LogP contribution is -2.47. The molecule has 3 N–H and O–H groups in total. The summed E-state index contributed by atoms with van der Waals surface area (Å²) in [5.41, 5.74) is 0. The van der Waals surface area contributed by atoms with Crippen molar-refractivity contribution in [1.82, 2.24) is 0 Å². The molecule has 4 unspecified atom stereocenters. The highest BCUT2D eigenvalue weighted by Gasteiger charge is 2.34. The number of hydrogen-bond acceptors (Lipinski definition) is 5. The van der Waals surface area contributed by atoms with E-state index in [9.17, 15) is 15.0 Å². The fraction of sp³-hybridized carbons (Fsp3) is 0.786. The van der Waals surface area contributed by atoms with Crippen LogP contribution >= 0.6 is 0 Å². The quantitative estimate of drug-likeness (QED) is 0.456. The van der Waals surface area contributed by atoms with Gasteiger partial charge in [0.15, 0.2) is 6.29 Å². The van der Waals surface area contributed by atoms with E-state index in [0.29, 0.717) is 6.61 Å². The predicted molar refractivity (Wildman–Crippen MR) is 72.2 cm³/mol. The average molecular weight is 288 g/mol. The first-order valence-electron chi connectivity index (χ1n) is 7.03. The second-order valence-corrected chi connectivity index (χ2v) is 5.04. The molecule has 0 spiro atoms. The smallest absolute Gasteiger partial charge is 0.327 e. The molecule has 0 radical (unpaired) electrons. The molecule has 0 aromatic carbocycles. The summed E-state index contributed by atoms with van der Waals surface area (Å²) < 4.78 is 10.8. The predicted octanol–water partition coefficient (Wildman–Crippen LogP) is 1.06. The third-order valence-electron chi connectivity index (χ3n) is 3.25. The largest absolute Gasteiger partial charge is 0.478 e. The van der Waals surface area contributed by atoms with Crippen molar-refractivity contribution < 1.29 is 29.6 Å². The zero-order valence-electron chi connectivity index (χ0n) is 11.8. The summed E-state index contributed by atoms with van der Waals surface area (Å²) in [5.74, 6) is -0.923. The molecule has 0 bridgehead atoms. The molecule has 1 rings (SSSR count). The number of ether oxygens (including phenoxy) is 2. The monoisotopic (exact) mass is 288 g/mol. The zero-order chi connectivity index (χ0) is 15.0. The molecule has 0 aromatic heterocycles. The average Bonchev–Trinajstić information content (AvgIpc) is 2.38. The van der Waals surface area contributed by atoms with Crippen LogP contribution in [0.5, 0.6) is 0 Å². The third-order valence-corrected chi connectivity index (χ3v) is 3.25. The van der Waals surface area contributed by atoms with Crippen LogP contribution in [0.1, 0.15) is 39.0 Å². The van der Waals surface area contributed by atoms with Crippen molar-refractivity contribution in [1.29, 1.82) is 0 Å². The van der Waals surface area contributed by atoms with Gasteiger partial charge in [-0.05, 0) is 26.2 Å². The van der Waals surface area contributed by atoms with Gasteiger partial charge in [-0.2, -0.15) is 0 Å². The highest BCUT2D eigenvalue weighted by Crippen LogP contribution is 2.21. The van der Waals surface area contributed by atoms with Gasteiger partial charge in [0.1, 0.15) is 6.10 Å². The SMILES string of the molecule is CC1OC(OCCCCCC=CC(=O)O)C(O)CC1O. The van der Waals surface area contributed by atoms with Crippen molar-refractivity contribution >= 4 is 5.97 Å². The van der Waals surface area contributed by atoms with Crippen LogP contribution in [-0.4, -0.2) is 52.5 Å². The lowest BCUT2D eigenvalue weighted by Gasteiger charge is -2.35. The molecule has 1 fully saturated rings. The van der Waals surface area contributed by atoms with Gasteiger partial charge in [-0.3, -0.25) is 0 Å². The van der Waals surface area contributed by atoms with Gasteiger partial charge in [0, 0.05) is 19.1 Å². The number of carboxylic acids is 1. The number of aliphatic carboxylic acids is 1. The molecule has 6 nitrogen and oxygen atoms in total. The summed E-state index contributed by atoms with van der Waals surface area (Å²) in [6.07, 6.45) is 4.00. The lowest BCUT2D eigenvalue weighted by molar-refractivity contribution is -0.261. The molecule has 0 aromatic rings. The molecule has 0 saturated carbocycles. The van der Waals surface area contributed by atoms with Crippen LogP contribution in [-0.2, 0) is 14.3 Å². The number of aliphatic hydroxyl groups is 2. The maximum Gasteiger partial charge on any atom is 0.327 e. The van der Waals surface area contributed by atoms with E-state index in [1.54, 1.807) is 13.0 Å². The fourth-order valence-electron chi connectivity index (χ4n) is 2.02. The minimum atomic E-state index is -0.923. The Morgan fingerprint density at radius 2 is 2.05 bits per heavy atom. The Morgan fingerprint density at radius 3 is 2.75 bits per heavy atom. The van der Waals surface area contributed by atoms with Gasteiger partial charge in [0.2, 0.25) is 0 Å². The fourth-order valence-corrected chi connectivity index (χ4v) is 2.02. The van der Waals surface area contributed by atoms with E-state index in [4.69, 9.17) is 14.6 Å². The Morgan fingerprint density at radius 1 is 1.30 bits per heavy atom. The van der Waals surface area contributed by atoms with E-state index in [1.807, 2.05) is 0 Å². The van der Waals surface area contributed by atoms with E-state index < -0.39 is 24.5 Å². The number of allylic oxidation sites excluding steroid dienone is 1. The van der Waals surface area contributed by atoms with Crippen LogP contribution < -0.4 is 0 Å². The Kier molecular flexibility index (Phi) is 7.76. The Hall–Kier alpha value is -0.950. The Balaban J connectivity index is 2.05. The molecular weight excluding hydrogens is 264 g/mol. The maximum absolute atomic E-state index is 10.2. The van der Waals surface area contributed by atoms with Crippen LogP contribution in [0.3, 0.4) is 0 Å². The summed E-state index contributed by atoms with van der Waals surface area (Å²) in [6, 6.07) is 0. The van der Waals surface area contributed by atoms with Crippen molar-refractivity contribution in [2.45, 2.75) is 63.6 Å². The molecule has 0 aliphatic carbocycles. The summed E-state index contributed by atoms with van der Waals surface area (Å²) >= 11 is 0. The van der Waals surface area contributed by atoms with Gasteiger partial charge in [-0.1, -0.05) is 12.5 Å². The van der Waals surface area contributed by atoms with E-state index >= 15 is 0 Å². The second-order valence-electron chi connectivity index (χ2n) is 5.04. The number of carboxylic acid groups (broad SMARTS) is 1. The summed E-state index contributed by atoms with van der Waals surface area (Å²) in [4.78, 5) is 10.2. The van der Waals surface area contributed by atoms with E-state index in [2.05, 4.69) is 0 Å². The molecule has 0 amide bonds. The number of aliphatic hydroxyl groups excluding tert-OH is 2. The first-order chi connectivity index (χ1) is 9.50. The molecule has 20 heavy (non-hydrogen) atoms. The van der Waals surface area contributed by atoms with Gasteiger partial charge in [-0.25, -0.2) is 4.79 Å². The normalized spacial score (nSPS) is 30.8. The topological polar surface area (TPSA) is 96.2 Å². The van der Waals surface area contributed by atoms with Gasteiger partial charge in [-0.15, -0.1) is 0 Å². The van der Waals surface area contributed by atoms with Crippen LogP contribution in [0.2, 0.25) is 0 Å². The first-order valence-corrected chi connectivity index (χ1v) is 7.03. The second kappa shape index (κ2) is 9.07. The number of carbonyl (C=O) groups is 1. The molecule has 1 aliphatic rings. The standard InChI is InChI=1S/C14H24O6/c1-10-11(15)9-12(16)14(20-10)19-8-6-4-2-3-5-7-13(17)18/h5,7,10-12,14-16H,2-4,6,8-9H2,1H3,(H,17,18). The number of rotatable bonds is 8. The van der Waals surface area contributed by atoms with E-state index in [1.165, 1.54) is 0 Å². The molecule has 116 valence electrons. The Bertz CT molecular complexity index is 317. The van der Waals surface area contributed by atoms with Crippen molar-refractivity contribution in [3.8, 4) is 0 Å². The molecule has 1 aliphatic heterocycles. The maximum atomic E-state index is 10.2. The van der Waals surface area contributed by atoms with Crippen LogP contribution in [0.25, 0.3) is 0 Å². The van der Waals surface area contributed by atoms with Crippen molar-refractivity contribution in [2.24, 2.45) is 0 Å². The highest BCUT2D eigenvalue weighted by molar-refractivity contribution is 5.79. The molecular formula is C14H24O6. The minimum absolute atomic E-state index is 0.270. The van der Waals surface area contributed by atoms with E-state index in [-0.39, 0.29) is 12.5 Å². The number of unbranched alkanes of at least 4 members (excludes halogenated alkanes) is 3. The summed E-state index contributed by atoms with van der Waals surface area (Å²) in [5, 5.41) is 27.6. The van der Waals surface area contributed by atoms with Crippen LogP contribution in [0.4, 0.5) is 0 Å². The van der Waals surface area contributed by atoms with Crippen LogP contribution in [0, 0.1) is 0 Å². The molecule has 1 saturated heterocycles. The summed E-state index contributed by atoms with van der Waals surface area (Å²) in [6.45, 7) is 2.23. The summed E-state index contributed by atoms with van der Waals surface area (Å²) in [7, 11) is 0. The number of hydrogen-bond donors (Lipinski definition) is 3. The zero-order valence-corrected chi connectivity index (χ0v) is 11.8. The third kappa shape index (κ3) is 6.47. The minimum Gasteiger partial charge on any atom is -0.478 e. The molecule has 1 heterocycles. The van der Waals surface area contributed by atoms with Gasteiger partial charge >= 0.3 is 5.97 Å². The van der Waals surface area contributed by atoms with Crippen molar-refractivity contribution in [3.05, 3.63) is 12.2 Å². The lowest BCUT2D eigenvalue weighted by atomic mass is 10.0.